The smallest absolute Gasteiger partial charge is 0.243 e. The van der Waals surface area contributed by atoms with Crippen molar-refractivity contribution >= 4 is 27.1 Å². The van der Waals surface area contributed by atoms with Crippen molar-refractivity contribution in [3.63, 3.8) is 0 Å². The second-order valence-corrected chi connectivity index (χ2v) is 8.51. The maximum Gasteiger partial charge on any atom is 0.243 e. The number of para-hydroxylation sites is 2. The molecule has 27 heavy (non-hydrogen) atoms. The molecule has 0 radical (unpaired) electrons. The van der Waals surface area contributed by atoms with Crippen LogP contribution in [0.3, 0.4) is 0 Å². The van der Waals surface area contributed by atoms with E-state index in [1.165, 1.54) is 6.26 Å². The van der Waals surface area contributed by atoms with E-state index in [4.69, 9.17) is 4.74 Å². The van der Waals surface area contributed by atoms with Crippen molar-refractivity contribution < 1.29 is 17.9 Å². The number of fused-ring (bicyclic) bond motifs is 1. The third kappa shape index (κ3) is 4.42. The first-order chi connectivity index (χ1) is 12.9. The number of nitrogens with one attached hydrogen (secondary N) is 1. The molecule has 3 rings (SSSR count). The first kappa shape index (κ1) is 19.2. The van der Waals surface area contributed by atoms with Crippen molar-refractivity contribution in [2.75, 3.05) is 36.2 Å². The zero-order chi connectivity index (χ0) is 19.4. The van der Waals surface area contributed by atoms with E-state index in [2.05, 4.69) is 5.32 Å². The third-order valence-electron chi connectivity index (χ3n) is 4.50. The summed E-state index contributed by atoms with van der Waals surface area (Å²) < 4.78 is 29.7. The fraction of sp³-hybridized carbons (Fsp3) is 0.350. The number of nitrogens with zero attached hydrogens (tertiary/aromatic N) is 1. The molecule has 1 N–H and O–H groups in total. The lowest BCUT2D eigenvalue weighted by molar-refractivity contribution is -0.115. The second-order valence-electron chi connectivity index (χ2n) is 6.53. The van der Waals surface area contributed by atoms with Crippen molar-refractivity contribution in [2.24, 2.45) is 0 Å². The quantitative estimate of drug-likeness (QED) is 0.824. The Morgan fingerprint density at radius 3 is 2.70 bits per heavy atom. The Kier molecular flexibility index (Phi) is 5.70. The van der Waals surface area contributed by atoms with Crippen LogP contribution in [-0.2, 0) is 21.1 Å². The van der Waals surface area contributed by atoms with Crippen LogP contribution in [0.4, 0.5) is 11.4 Å². The molecule has 7 heteroatoms. The highest BCUT2D eigenvalue weighted by Gasteiger charge is 2.24. The van der Waals surface area contributed by atoms with Crippen LogP contribution in [0.1, 0.15) is 18.9 Å². The lowest BCUT2D eigenvalue weighted by Crippen LogP contribution is -2.37. The van der Waals surface area contributed by atoms with Crippen LogP contribution in [-0.4, -0.2) is 40.3 Å². The van der Waals surface area contributed by atoms with Crippen molar-refractivity contribution in [3.05, 3.63) is 48.0 Å². The molecule has 144 valence electrons. The third-order valence-corrected chi connectivity index (χ3v) is 5.68. The van der Waals surface area contributed by atoms with Gasteiger partial charge in [-0.1, -0.05) is 18.2 Å². The van der Waals surface area contributed by atoms with E-state index in [-0.39, 0.29) is 12.5 Å². The molecule has 0 fully saturated rings. The number of ether oxygens (including phenoxy) is 1. The lowest BCUT2D eigenvalue weighted by atomic mass is 10.0. The molecule has 0 spiro atoms. The Labute approximate surface area is 160 Å². The monoisotopic (exact) mass is 388 g/mol. The molecule has 0 saturated heterocycles. The molecule has 1 aliphatic rings. The molecule has 1 heterocycles. The summed E-state index contributed by atoms with van der Waals surface area (Å²) in [5.41, 5.74) is 2.25. The van der Waals surface area contributed by atoms with Gasteiger partial charge in [0.25, 0.3) is 0 Å². The minimum Gasteiger partial charge on any atom is -0.492 e. The Hall–Kier alpha value is -2.54. The van der Waals surface area contributed by atoms with Gasteiger partial charge in [0.05, 0.1) is 23.7 Å². The predicted molar refractivity (Wildman–Crippen MR) is 106 cm³/mol. The topological polar surface area (TPSA) is 75.7 Å². The molecule has 0 unspecified atom stereocenters. The molecule has 0 aliphatic carbocycles. The number of carbonyl (C=O) groups excluding carboxylic acids is 1. The summed E-state index contributed by atoms with van der Waals surface area (Å²) >= 11 is 0. The molecule has 0 saturated carbocycles. The number of hydrogen-bond donors (Lipinski definition) is 1. The normalized spacial score (nSPS) is 13.8. The van der Waals surface area contributed by atoms with E-state index in [0.29, 0.717) is 35.9 Å². The van der Waals surface area contributed by atoms with Crippen LogP contribution in [0.15, 0.2) is 47.4 Å². The van der Waals surface area contributed by atoms with Crippen molar-refractivity contribution in [1.82, 2.24) is 0 Å². The lowest BCUT2D eigenvalue weighted by Gasteiger charge is -2.31. The number of hydrogen-bond acceptors (Lipinski definition) is 5. The highest BCUT2D eigenvalue weighted by molar-refractivity contribution is 7.90. The van der Waals surface area contributed by atoms with Gasteiger partial charge in [0.15, 0.2) is 9.84 Å². The van der Waals surface area contributed by atoms with Gasteiger partial charge in [-0.3, -0.25) is 4.79 Å². The average molecular weight is 388 g/mol. The Bertz CT molecular complexity index is 941. The fourth-order valence-corrected chi connectivity index (χ4v) is 4.37. The first-order valence-electron chi connectivity index (χ1n) is 8.98. The van der Waals surface area contributed by atoms with Crippen LogP contribution in [0.25, 0.3) is 0 Å². The van der Waals surface area contributed by atoms with E-state index < -0.39 is 9.84 Å². The van der Waals surface area contributed by atoms with E-state index in [1.54, 1.807) is 18.2 Å². The number of sulfone groups is 1. The van der Waals surface area contributed by atoms with Crippen molar-refractivity contribution in [3.8, 4) is 5.75 Å². The van der Waals surface area contributed by atoms with Crippen LogP contribution < -0.4 is 15.0 Å². The van der Waals surface area contributed by atoms with Gasteiger partial charge in [0.2, 0.25) is 5.91 Å². The number of carbonyl (C=O) groups is 1. The highest BCUT2D eigenvalue weighted by Crippen LogP contribution is 2.32. The molecule has 1 amide bonds. The summed E-state index contributed by atoms with van der Waals surface area (Å²) in [6, 6.07) is 12.6. The molecular formula is C20H24N2O4S. The van der Waals surface area contributed by atoms with Crippen molar-refractivity contribution in [1.29, 1.82) is 0 Å². The van der Waals surface area contributed by atoms with Crippen LogP contribution in [0, 0.1) is 0 Å². The molecule has 1 aliphatic heterocycles. The minimum absolute atomic E-state index is 0.153. The molecule has 0 bridgehead atoms. The Morgan fingerprint density at radius 1 is 1.19 bits per heavy atom. The largest absolute Gasteiger partial charge is 0.492 e. The van der Waals surface area contributed by atoms with Crippen LogP contribution in [0.2, 0.25) is 0 Å². The SMILES string of the molecule is CCOc1ccccc1NC(=O)CN1CCCc2c1cccc2S(C)(=O)=O. The molecule has 2 aromatic carbocycles. The van der Waals surface area contributed by atoms with Crippen LogP contribution in [0.5, 0.6) is 5.75 Å². The highest BCUT2D eigenvalue weighted by atomic mass is 32.2. The molecular weight excluding hydrogens is 364 g/mol. The van der Waals surface area contributed by atoms with Gasteiger partial charge in [-0.15, -0.1) is 0 Å². The summed E-state index contributed by atoms with van der Waals surface area (Å²) in [6.45, 7) is 3.27. The second kappa shape index (κ2) is 8.00. The van der Waals surface area contributed by atoms with E-state index >= 15 is 0 Å². The fourth-order valence-electron chi connectivity index (χ4n) is 3.39. The van der Waals surface area contributed by atoms with Crippen LogP contribution >= 0.6 is 0 Å². The summed E-state index contributed by atoms with van der Waals surface area (Å²) in [4.78, 5) is 14.9. The summed E-state index contributed by atoms with van der Waals surface area (Å²) in [6.07, 6.45) is 2.73. The maximum atomic E-state index is 12.6. The van der Waals surface area contributed by atoms with Gasteiger partial charge in [-0.05, 0) is 49.6 Å². The average Bonchev–Trinajstić information content (AvgIpc) is 2.62. The number of anilines is 2. The van der Waals surface area contributed by atoms with Gasteiger partial charge in [0, 0.05) is 18.5 Å². The number of amides is 1. The zero-order valence-corrected chi connectivity index (χ0v) is 16.4. The number of benzene rings is 2. The molecule has 0 aromatic heterocycles. The van der Waals surface area contributed by atoms with Gasteiger partial charge in [-0.2, -0.15) is 0 Å². The predicted octanol–water partition coefficient (Wildman–Crippen LogP) is 2.88. The van der Waals surface area contributed by atoms with E-state index in [0.717, 1.165) is 17.7 Å². The van der Waals surface area contributed by atoms with Gasteiger partial charge >= 0.3 is 0 Å². The van der Waals surface area contributed by atoms with Gasteiger partial charge < -0.3 is 15.0 Å². The molecule has 6 nitrogen and oxygen atoms in total. The van der Waals surface area contributed by atoms with Gasteiger partial charge in [-0.25, -0.2) is 8.42 Å². The molecule has 2 aromatic rings. The first-order valence-corrected chi connectivity index (χ1v) is 10.9. The zero-order valence-electron chi connectivity index (χ0n) is 15.6. The van der Waals surface area contributed by atoms with E-state index in [1.807, 2.05) is 36.1 Å². The number of rotatable bonds is 6. The van der Waals surface area contributed by atoms with E-state index in [9.17, 15) is 13.2 Å². The summed E-state index contributed by atoms with van der Waals surface area (Å²) in [5, 5.41) is 2.89. The minimum atomic E-state index is -3.30. The van der Waals surface area contributed by atoms with Gasteiger partial charge in [0.1, 0.15) is 5.75 Å². The standard InChI is InChI=1S/C20H24N2O4S/c1-3-26-18-11-5-4-9-16(18)21-20(23)14-22-13-7-8-15-17(22)10-6-12-19(15)27(2,24)25/h4-6,9-12H,3,7-8,13-14H2,1-2H3,(H,21,23). The summed E-state index contributed by atoms with van der Waals surface area (Å²) in [7, 11) is -3.30. The summed E-state index contributed by atoms with van der Waals surface area (Å²) in [5.74, 6) is 0.464. The Morgan fingerprint density at radius 2 is 1.96 bits per heavy atom. The Balaban J connectivity index is 1.80. The molecule has 0 atom stereocenters. The van der Waals surface area contributed by atoms with Crippen molar-refractivity contribution in [2.45, 2.75) is 24.7 Å². The maximum absolute atomic E-state index is 12.6.